The lowest BCUT2D eigenvalue weighted by molar-refractivity contribution is 0.813. The van der Waals surface area contributed by atoms with E-state index in [4.69, 9.17) is 5.10 Å². The minimum atomic E-state index is 0.766. The minimum absolute atomic E-state index is 0.766. The van der Waals surface area contributed by atoms with Gasteiger partial charge in [0.15, 0.2) is 5.65 Å². The Morgan fingerprint density at radius 3 is 2.20 bits per heavy atom. The first kappa shape index (κ1) is 15.8. The normalized spacial score (nSPS) is 11.1. The Balaban J connectivity index is 1.62. The third-order valence-electron chi connectivity index (χ3n) is 4.07. The Morgan fingerprint density at radius 1 is 0.800 bits per heavy atom. The van der Waals surface area contributed by atoms with E-state index >= 15 is 0 Å². The molecule has 0 saturated heterocycles. The van der Waals surface area contributed by atoms with E-state index in [-0.39, 0.29) is 0 Å². The molecule has 2 aromatic heterocycles. The monoisotopic (exact) mass is 346 g/mol. The van der Waals surface area contributed by atoms with Gasteiger partial charge < -0.3 is 0 Å². The van der Waals surface area contributed by atoms with Crippen molar-refractivity contribution in [3.05, 3.63) is 77.4 Å². The van der Waals surface area contributed by atoms with Crippen LogP contribution in [0.5, 0.6) is 0 Å². The van der Waals surface area contributed by atoms with Crippen molar-refractivity contribution in [3.8, 4) is 11.3 Å². The first-order valence-corrected chi connectivity index (χ1v) is 9.15. The number of rotatable bonds is 4. The smallest absolute Gasteiger partial charge is 0.187 e. The molecule has 0 aliphatic rings. The van der Waals surface area contributed by atoms with Gasteiger partial charge >= 0.3 is 0 Å². The van der Waals surface area contributed by atoms with Gasteiger partial charge in [-0.15, -0.1) is 10.2 Å². The topological polar surface area (TPSA) is 43.1 Å². The van der Waals surface area contributed by atoms with Crippen molar-refractivity contribution >= 4 is 17.4 Å². The van der Waals surface area contributed by atoms with Gasteiger partial charge in [-0.25, -0.2) is 0 Å². The van der Waals surface area contributed by atoms with Crippen LogP contribution in [0.4, 0.5) is 0 Å². The van der Waals surface area contributed by atoms with E-state index in [1.165, 1.54) is 16.7 Å². The van der Waals surface area contributed by atoms with Crippen molar-refractivity contribution in [1.82, 2.24) is 19.8 Å². The Hall–Kier alpha value is -2.66. The molecule has 4 nitrogen and oxygen atoms in total. The SMILES string of the molecule is Cc1ccc(CSc2nnc3ccc(-c4ccc(C)cc4)nn23)cc1. The van der Waals surface area contributed by atoms with Crippen molar-refractivity contribution < 1.29 is 0 Å². The van der Waals surface area contributed by atoms with Gasteiger partial charge in [-0.3, -0.25) is 0 Å². The first-order chi connectivity index (χ1) is 12.2. The molecular formula is C20H18N4S. The molecule has 0 amide bonds. The summed E-state index contributed by atoms with van der Waals surface area (Å²) in [6.07, 6.45) is 0. The van der Waals surface area contributed by atoms with Crippen LogP contribution in [0.2, 0.25) is 0 Å². The van der Waals surface area contributed by atoms with Crippen LogP contribution in [0.15, 0.2) is 65.8 Å². The molecule has 0 atom stereocenters. The van der Waals surface area contributed by atoms with Crippen LogP contribution in [-0.2, 0) is 5.75 Å². The van der Waals surface area contributed by atoms with Crippen LogP contribution in [0.25, 0.3) is 16.9 Å². The van der Waals surface area contributed by atoms with Crippen LogP contribution >= 0.6 is 11.8 Å². The second-order valence-corrected chi connectivity index (χ2v) is 7.05. The van der Waals surface area contributed by atoms with Gasteiger partial charge in [-0.1, -0.05) is 71.4 Å². The molecule has 0 fully saturated rings. The molecule has 5 heteroatoms. The lowest BCUT2D eigenvalue weighted by Gasteiger charge is -2.04. The average molecular weight is 346 g/mol. The van der Waals surface area contributed by atoms with Crippen LogP contribution in [-0.4, -0.2) is 19.8 Å². The summed E-state index contributed by atoms with van der Waals surface area (Å²) in [4.78, 5) is 0. The van der Waals surface area contributed by atoms with Crippen molar-refractivity contribution in [2.24, 2.45) is 0 Å². The second-order valence-electron chi connectivity index (χ2n) is 6.11. The van der Waals surface area contributed by atoms with Crippen molar-refractivity contribution in [2.45, 2.75) is 24.8 Å². The molecule has 0 spiro atoms. The number of hydrogen-bond acceptors (Lipinski definition) is 4. The fourth-order valence-electron chi connectivity index (χ4n) is 2.57. The summed E-state index contributed by atoms with van der Waals surface area (Å²) in [6, 6.07) is 20.9. The van der Waals surface area contributed by atoms with E-state index < -0.39 is 0 Å². The molecule has 0 aliphatic heterocycles. The van der Waals surface area contributed by atoms with Crippen LogP contribution in [0, 0.1) is 13.8 Å². The van der Waals surface area contributed by atoms with Gasteiger partial charge in [-0.2, -0.15) is 9.61 Å². The second kappa shape index (κ2) is 6.69. The Labute approximate surface area is 150 Å². The maximum Gasteiger partial charge on any atom is 0.212 e. The summed E-state index contributed by atoms with van der Waals surface area (Å²) in [5.74, 6) is 0.845. The number of nitrogens with zero attached hydrogens (tertiary/aromatic N) is 4. The third kappa shape index (κ3) is 3.42. The summed E-state index contributed by atoms with van der Waals surface area (Å²) in [6.45, 7) is 4.18. The predicted octanol–water partition coefficient (Wildman–Crippen LogP) is 4.70. The van der Waals surface area contributed by atoms with Crippen LogP contribution < -0.4 is 0 Å². The van der Waals surface area contributed by atoms with E-state index in [0.717, 1.165) is 27.8 Å². The standard InChI is InChI=1S/C20H18N4S/c1-14-3-7-16(8-4-14)13-25-20-22-21-19-12-11-18(23-24(19)20)17-9-5-15(2)6-10-17/h3-12H,13H2,1-2H3. The van der Waals surface area contributed by atoms with Crippen molar-refractivity contribution in [2.75, 3.05) is 0 Å². The fraction of sp³-hybridized carbons (Fsp3) is 0.150. The summed E-state index contributed by atoms with van der Waals surface area (Å²) in [5, 5.41) is 14.1. The summed E-state index contributed by atoms with van der Waals surface area (Å²) >= 11 is 1.65. The Bertz CT molecular complexity index is 1000. The molecule has 4 aromatic rings. The summed E-state index contributed by atoms with van der Waals surface area (Å²) in [5.41, 5.74) is 6.55. The zero-order chi connectivity index (χ0) is 17.2. The Kier molecular flexibility index (Phi) is 4.24. The third-order valence-corrected chi connectivity index (χ3v) is 5.06. The quantitative estimate of drug-likeness (QED) is 0.502. The molecule has 0 radical (unpaired) electrons. The first-order valence-electron chi connectivity index (χ1n) is 8.17. The molecule has 0 saturated carbocycles. The molecule has 124 valence electrons. The zero-order valence-electron chi connectivity index (χ0n) is 14.2. The molecule has 2 heterocycles. The van der Waals surface area contributed by atoms with E-state index in [1.807, 2.05) is 16.6 Å². The molecular weight excluding hydrogens is 328 g/mol. The zero-order valence-corrected chi connectivity index (χ0v) is 15.0. The molecule has 4 rings (SSSR count). The highest BCUT2D eigenvalue weighted by Crippen LogP contribution is 2.23. The van der Waals surface area contributed by atoms with Gasteiger partial charge in [0.05, 0.1) is 5.69 Å². The van der Waals surface area contributed by atoms with Gasteiger partial charge in [0.2, 0.25) is 5.16 Å². The maximum absolute atomic E-state index is 4.73. The van der Waals surface area contributed by atoms with E-state index in [0.29, 0.717) is 0 Å². The summed E-state index contributed by atoms with van der Waals surface area (Å²) in [7, 11) is 0. The minimum Gasteiger partial charge on any atom is -0.187 e. The number of aryl methyl sites for hydroxylation is 2. The average Bonchev–Trinajstić information content (AvgIpc) is 3.04. The highest BCUT2D eigenvalue weighted by molar-refractivity contribution is 7.98. The maximum atomic E-state index is 4.73. The number of thioether (sulfide) groups is 1. The molecule has 0 unspecified atom stereocenters. The highest BCUT2D eigenvalue weighted by Gasteiger charge is 2.09. The fourth-order valence-corrected chi connectivity index (χ4v) is 3.41. The lowest BCUT2D eigenvalue weighted by atomic mass is 10.1. The van der Waals surface area contributed by atoms with Gasteiger partial charge in [-0.05, 0) is 31.5 Å². The van der Waals surface area contributed by atoms with Gasteiger partial charge in [0.25, 0.3) is 0 Å². The number of hydrogen-bond donors (Lipinski definition) is 0. The van der Waals surface area contributed by atoms with E-state index in [2.05, 4.69) is 72.6 Å². The summed E-state index contributed by atoms with van der Waals surface area (Å²) < 4.78 is 1.83. The van der Waals surface area contributed by atoms with E-state index in [9.17, 15) is 0 Å². The Morgan fingerprint density at radius 2 is 1.48 bits per heavy atom. The van der Waals surface area contributed by atoms with Crippen molar-refractivity contribution in [1.29, 1.82) is 0 Å². The molecule has 0 N–H and O–H groups in total. The van der Waals surface area contributed by atoms with Crippen LogP contribution in [0.1, 0.15) is 16.7 Å². The molecule has 0 bridgehead atoms. The van der Waals surface area contributed by atoms with Gasteiger partial charge in [0, 0.05) is 11.3 Å². The highest BCUT2D eigenvalue weighted by atomic mass is 32.2. The van der Waals surface area contributed by atoms with Crippen molar-refractivity contribution in [3.63, 3.8) is 0 Å². The number of aromatic nitrogens is 4. The lowest BCUT2D eigenvalue weighted by Crippen LogP contribution is -1.96. The number of benzene rings is 2. The van der Waals surface area contributed by atoms with E-state index in [1.54, 1.807) is 11.8 Å². The molecule has 0 aliphatic carbocycles. The largest absolute Gasteiger partial charge is 0.212 e. The van der Waals surface area contributed by atoms with Gasteiger partial charge in [0.1, 0.15) is 0 Å². The predicted molar refractivity (Wildman–Crippen MR) is 102 cm³/mol. The molecule has 2 aromatic carbocycles. The molecule has 25 heavy (non-hydrogen) atoms. The number of fused-ring (bicyclic) bond motifs is 1. The van der Waals surface area contributed by atoms with Crippen LogP contribution in [0.3, 0.4) is 0 Å².